The van der Waals surface area contributed by atoms with Gasteiger partial charge in [-0.15, -0.1) is 0 Å². The van der Waals surface area contributed by atoms with Crippen molar-refractivity contribution >= 4 is 40.0 Å². The number of aromatic nitrogens is 2. The molecule has 2 heterocycles. The minimum atomic E-state index is -0.231. The SMILES string of the molecule is NC(=O)C1CCC(Nc2ccnc3[nH]cc(C(=O)c4ccc(Oc5ccccc5)cc4Cl)c23)CC1. The molecule has 1 aliphatic carbocycles. The van der Waals surface area contributed by atoms with Crippen molar-refractivity contribution < 1.29 is 14.3 Å². The fraction of sp³-hybridized carbons (Fsp3) is 0.222. The number of H-pyrrole nitrogens is 1. The van der Waals surface area contributed by atoms with Gasteiger partial charge in [-0.3, -0.25) is 9.59 Å². The van der Waals surface area contributed by atoms with Gasteiger partial charge in [0.25, 0.3) is 0 Å². The molecule has 4 N–H and O–H groups in total. The van der Waals surface area contributed by atoms with Crippen molar-refractivity contribution in [2.45, 2.75) is 31.7 Å². The monoisotopic (exact) mass is 488 g/mol. The Morgan fingerprint density at radius 2 is 1.77 bits per heavy atom. The highest BCUT2D eigenvalue weighted by Crippen LogP contribution is 2.33. The number of rotatable bonds is 7. The van der Waals surface area contributed by atoms with Crippen LogP contribution in [0.15, 0.2) is 67.0 Å². The number of benzene rings is 2. The van der Waals surface area contributed by atoms with Crippen LogP contribution < -0.4 is 15.8 Å². The van der Waals surface area contributed by atoms with Gasteiger partial charge in [0.05, 0.1) is 16.0 Å². The number of halogens is 1. The number of primary amides is 1. The minimum absolute atomic E-state index is 0.0640. The van der Waals surface area contributed by atoms with E-state index in [1.807, 2.05) is 36.4 Å². The second-order valence-electron chi connectivity index (χ2n) is 8.77. The largest absolute Gasteiger partial charge is 0.457 e. The van der Waals surface area contributed by atoms with Crippen LogP contribution in [0.4, 0.5) is 5.69 Å². The number of amides is 1. The van der Waals surface area contributed by atoms with E-state index in [2.05, 4.69) is 15.3 Å². The summed E-state index contributed by atoms with van der Waals surface area (Å²) in [5.74, 6) is 0.732. The molecule has 0 aliphatic heterocycles. The normalized spacial score (nSPS) is 17.7. The maximum atomic E-state index is 13.5. The van der Waals surface area contributed by atoms with Crippen LogP contribution in [0.2, 0.25) is 5.02 Å². The van der Waals surface area contributed by atoms with Crippen LogP contribution in [0.3, 0.4) is 0 Å². The zero-order valence-electron chi connectivity index (χ0n) is 19.0. The van der Waals surface area contributed by atoms with E-state index in [1.54, 1.807) is 30.6 Å². The summed E-state index contributed by atoms with van der Waals surface area (Å²) in [7, 11) is 0. The summed E-state index contributed by atoms with van der Waals surface area (Å²) in [6.45, 7) is 0. The number of nitrogens with two attached hydrogens (primary N) is 1. The molecule has 5 rings (SSSR count). The van der Waals surface area contributed by atoms with E-state index in [0.29, 0.717) is 33.3 Å². The minimum Gasteiger partial charge on any atom is -0.457 e. The summed E-state index contributed by atoms with van der Waals surface area (Å²) in [6, 6.07) is 16.5. The van der Waals surface area contributed by atoms with Gasteiger partial charge in [0, 0.05) is 41.7 Å². The van der Waals surface area contributed by atoms with E-state index in [1.165, 1.54) is 0 Å². The Balaban J connectivity index is 1.39. The molecule has 1 saturated carbocycles. The van der Waals surface area contributed by atoms with Crippen molar-refractivity contribution in [3.63, 3.8) is 0 Å². The van der Waals surface area contributed by atoms with Crippen LogP contribution in [0.5, 0.6) is 11.5 Å². The molecule has 4 aromatic rings. The Bertz CT molecular complexity index is 1380. The van der Waals surface area contributed by atoms with Crippen LogP contribution in [-0.4, -0.2) is 27.7 Å². The fourth-order valence-electron chi connectivity index (χ4n) is 4.61. The summed E-state index contributed by atoms with van der Waals surface area (Å²) >= 11 is 6.51. The fourth-order valence-corrected chi connectivity index (χ4v) is 4.87. The average Bonchev–Trinajstić information content (AvgIpc) is 3.30. The predicted molar refractivity (Wildman–Crippen MR) is 136 cm³/mol. The van der Waals surface area contributed by atoms with Crippen molar-refractivity contribution in [3.05, 3.63) is 83.1 Å². The molecule has 0 atom stereocenters. The third kappa shape index (κ3) is 4.86. The number of aromatic amines is 1. The number of ether oxygens (including phenoxy) is 1. The molecule has 0 radical (unpaired) electrons. The van der Waals surface area contributed by atoms with Gasteiger partial charge < -0.3 is 20.8 Å². The third-order valence-corrected chi connectivity index (χ3v) is 6.78. The number of nitrogens with zero attached hydrogens (tertiary/aromatic N) is 1. The number of carbonyl (C=O) groups excluding carboxylic acids is 2. The molecule has 1 aliphatic rings. The first-order chi connectivity index (χ1) is 17.0. The maximum Gasteiger partial charge on any atom is 0.220 e. The molecule has 1 amide bonds. The molecule has 0 spiro atoms. The highest BCUT2D eigenvalue weighted by atomic mass is 35.5. The Labute approximate surface area is 207 Å². The van der Waals surface area contributed by atoms with E-state index in [4.69, 9.17) is 22.1 Å². The quantitative estimate of drug-likeness (QED) is 0.289. The van der Waals surface area contributed by atoms with Gasteiger partial charge in [-0.2, -0.15) is 0 Å². The highest BCUT2D eigenvalue weighted by molar-refractivity contribution is 6.35. The molecule has 8 heteroatoms. The van der Waals surface area contributed by atoms with Crippen molar-refractivity contribution in [3.8, 4) is 11.5 Å². The predicted octanol–water partition coefficient (Wildman–Crippen LogP) is 5.70. The summed E-state index contributed by atoms with van der Waals surface area (Å²) in [5, 5.41) is 4.57. The topological polar surface area (TPSA) is 110 Å². The van der Waals surface area contributed by atoms with Crippen molar-refractivity contribution in [1.82, 2.24) is 9.97 Å². The summed E-state index contributed by atoms with van der Waals surface area (Å²) < 4.78 is 5.83. The molecule has 1 fully saturated rings. The van der Waals surface area contributed by atoms with Crippen molar-refractivity contribution in [1.29, 1.82) is 0 Å². The number of nitrogens with one attached hydrogen (secondary N) is 2. The number of carbonyl (C=O) groups is 2. The number of anilines is 1. The number of para-hydroxylation sites is 1. The summed E-state index contributed by atoms with van der Waals surface area (Å²) in [4.78, 5) is 32.5. The average molecular weight is 489 g/mol. The first-order valence-electron chi connectivity index (χ1n) is 11.6. The van der Waals surface area contributed by atoms with Crippen molar-refractivity contribution in [2.24, 2.45) is 11.7 Å². The molecular weight excluding hydrogens is 464 g/mol. The number of pyridine rings is 1. The summed E-state index contributed by atoms with van der Waals surface area (Å²) in [5.41, 5.74) is 7.77. The van der Waals surface area contributed by atoms with E-state index >= 15 is 0 Å². The molecule has 0 saturated heterocycles. The van der Waals surface area contributed by atoms with Gasteiger partial charge in [-0.1, -0.05) is 29.8 Å². The summed E-state index contributed by atoms with van der Waals surface area (Å²) in [6.07, 6.45) is 6.55. The third-order valence-electron chi connectivity index (χ3n) is 6.47. The van der Waals surface area contributed by atoms with Crippen LogP contribution in [0, 0.1) is 5.92 Å². The highest BCUT2D eigenvalue weighted by Gasteiger charge is 2.26. The molecule has 0 unspecified atom stereocenters. The van der Waals surface area contributed by atoms with Gasteiger partial charge in [0.2, 0.25) is 5.91 Å². The molecule has 2 aromatic heterocycles. The van der Waals surface area contributed by atoms with E-state index < -0.39 is 0 Å². The Hall–Kier alpha value is -3.84. The lowest BCUT2D eigenvalue weighted by Gasteiger charge is -2.28. The lowest BCUT2D eigenvalue weighted by atomic mass is 9.85. The smallest absolute Gasteiger partial charge is 0.220 e. The number of ketones is 1. The second kappa shape index (κ2) is 9.80. The van der Waals surface area contributed by atoms with Crippen LogP contribution in [0.1, 0.15) is 41.6 Å². The lowest BCUT2D eigenvalue weighted by Crippen LogP contribution is -2.32. The van der Waals surface area contributed by atoms with Gasteiger partial charge in [-0.25, -0.2) is 4.98 Å². The number of hydrogen-bond donors (Lipinski definition) is 3. The molecule has 35 heavy (non-hydrogen) atoms. The Morgan fingerprint density at radius 3 is 2.49 bits per heavy atom. The molecule has 2 aromatic carbocycles. The number of hydrogen-bond acceptors (Lipinski definition) is 5. The van der Waals surface area contributed by atoms with E-state index in [0.717, 1.165) is 36.8 Å². The first-order valence-corrected chi connectivity index (χ1v) is 12.0. The van der Waals surface area contributed by atoms with Crippen LogP contribution in [-0.2, 0) is 4.79 Å². The van der Waals surface area contributed by atoms with E-state index in [9.17, 15) is 9.59 Å². The maximum absolute atomic E-state index is 13.5. The molecule has 178 valence electrons. The zero-order chi connectivity index (χ0) is 24.4. The number of fused-ring (bicyclic) bond motifs is 1. The molecular formula is C27H25ClN4O3. The van der Waals surface area contributed by atoms with Crippen molar-refractivity contribution in [2.75, 3.05) is 5.32 Å². The Morgan fingerprint density at radius 1 is 1.00 bits per heavy atom. The Kier molecular flexibility index (Phi) is 6.42. The standard InChI is InChI=1S/C27H25ClN4O3/c28-22-14-19(35-18-4-2-1-3-5-18)10-11-20(22)25(33)21-15-31-27-24(21)23(12-13-30-27)32-17-8-6-16(7-9-17)26(29)34/h1-5,10-17H,6-9H2,(H2,29,34)(H2,30,31,32). The molecule has 7 nitrogen and oxygen atoms in total. The van der Waals surface area contributed by atoms with Crippen LogP contribution in [0.25, 0.3) is 11.0 Å². The van der Waals surface area contributed by atoms with Gasteiger partial charge in [-0.05, 0) is 56.0 Å². The zero-order valence-corrected chi connectivity index (χ0v) is 19.7. The van der Waals surface area contributed by atoms with Gasteiger partial charge in [0.15, 0.2) is 5.78 Å². The van der Waals surface area contributed by atoms with Crippen LogP contribution >= 0.6 is 11.6 Å². The van der Waals surface area contributed by atoms with E-state index in [-0.39, 0.29) is 23.7 Å². The van der Waals surface area contributed by atoms with Gasteiger partial charge in [0.1, 0.15) is 17.1 Å². The lowest BCUT2D eigenvalue weighted by molar-refractivity contribution is -0.122. The second-order valence-corrected chi connectivity index (χ2v) is 9.17. The molecule has 0 bridgehead atoms. The first kappa shape index (κ1) is 22.9. The van der Waals surface area contributed by atoms with Gasteiger partial charge >= 0.3 is 0 Å².